The lowest BCUT2D eigenvalue weighted by atomic mass is 10.1. The summed E-state index contributed by atoms with van der Waals surface area (Å²) in [6.45, 7) is 0. The van der Waals surface area contributed by atoms with Crippen LogP contribution in [-0.2, 0) is 0 Å². The van der Waals surface area contributed by atoms with Gasteiger partial charge in [0.25, 0.3) is 0 Å². The smallest absolute Gasteiger partial charge is 0.411 e. The lowest BCUT2D eigenvalue weighted by Crippen LogP contribution is -2.24. The normalized spacial score (nSPS) is 10.8. The van der Waals surface area contributed by atoms with Crippen molar-refractivity contribution in [1.29, 1.82) is 5.26 Å². The first-order chi connectivity index (χ1) is 10.4. The predicted octanol–water partition coefficient (Wildman–Crippen LogP) is 4.12. The number of hydrogen-bond donors (Lipinski definition) is 2. The fourth-order valence-electron chi connectivity index (χ4n) is 2.36. The molecule has 110 valence electrons. The van der Waals surface area contributed by atoms with Gasteiger partial charge in [-0.3, -0.25) is 4.90 Å². The number of nitrogens with zero attached hydrogens (tertiary/aromatic N) is 3. The van der Waals surface area contributed by atoms with Crippen LogP contribution in [0.3, 0.4) is 0 Å². The first-order valence-corrected chi connectivity index (χ1v) is 7.27. The van der Waals surface area contributed by atoms with Gasteiger partial charge in [-0.05, 0) is 28.1 Å². The van der Waals surface area contributed by atoms with Gasteiger partial charge in [-0.25, -0.2) is 9.78 Å². The number of nitrogens with one attached hydrogen (secondary N) is 1. The standard InChI is InChI=1S/C14H8BrClN4O2/c1-20(14(21)22)10-3-9(16)8(4-17)11-7-2-6(15)5-18-13(7)19-12(10)11/h2-3,5H,1H3,(H,18,19)(H,21,22). The van der Waals surface area contributed by atoms with Crippen LogP contribution in [0.5, 0.6) is 0 Å². The molecule has 0 aliphatic heterocycles. The molecular formula is C14H8BrClN4O2. The molecule has 0 aliphatic carbocycles. The van der Waals surface area contributed by atoms with E-state index >= 15 is 0 Å². The van der Waals surface area contributed by atoms with Gasteiger partial charge in [0.1, 0.15) is 11.7 Å². The van der Waals surface area contributed by atoms with Crippen LogP contribution in [-0.4, -0.2) is 28.2 Å². The first-order valence-electron chi connectivity index (χ1n) is 6.10. The van der Waals surface area contributed by atoms with Crippen molar-refractivity contribution in [3.8, 4) is 6.07 Å². The maximum Gasteiger partial charge on any atom is 0.411 e. The molecule has 2 heterocycles. The SMILES string of the molecule is CN(C(=O)O)c1cc(Cl)c(C#N)c2c1[nH]c1ncc(Br)cc12. The third kappa shape index (κ3) is 2.08. The number of amides is 1. The van der Waals surface area contributed by atoms with E-state index in [0.29, 0.717) is 27.6 Å². The summed E-state index contributed by atoms with van der Waals surface area (Å²) in [7, 11) is 1.41. The van der Waals surface area contributed by atoms with Crippen LogP contribution in [0.2, 0.25) is 5.02 Å². The molecule has 0 radical (unpaired) electrons. The second kappa shape index (κ2) is 5.16. The minimum atomic E-state index is -1.13. The molecule has 0 fully saturated rings. The monoisotopic (exact) mass is 378 g/mol. The molecule has 0 unspecified atom stereocenters. The number of halogens is 2. The highest BCUT2D eigenvalue weighted by atomic mass is 79.9. The van der Waals surface area contributed by atoms with Crippen molar-refractivity contribution >= 4 is 61.2 Å². The quantitative estimate of drug-likeness (QED) is 0.665. The van der Waals surface area contributed by atoms with Crippen LogP contribution in [0.15, 0.2) is 22.8 Å². The summed E-state index contributed by atoms with van der Waals surface area (Å²) in [6.07, 6.45) is 0.487. The van der Waals surface area contributed by atoms with Crippen LogP contribution in [0.1, 0.15) is 5.56 Å². The van der Waals surface area contributed by atoms with Crippen LogP contribution in [0.4, 0.5) is 10.5 Å². The van der Waals surface area contributed by atoms with Gasteiger partial charge >= 0.3 is 6.09 Å². The number of aromatic amines is 1. The number of benzene rings is 1. The van der Waals surface area contributed by atoms with Crippen molar-refractivity contribution in [2.75, 3.05) is 11.9 Å². The van der Waals surface area contributed by atoms with Gasteiger partial charge < -0.3 is 10.1 Å². The molecule has 0 atom stereocenters. The number of nitriles is 1. The number of anilines is 1. The highest BCUT2D eigenvalue weighted by Crippen LogP contribution is 2.38. The zero-order valence-corrected chi connectivity index (χ0v) is 13.5. The minimum Gasteiger partial charge on any atom is -0.465 e. The average molecular weight is 380 g/mol. The molecule has 22 heavy (non-hydrogen) atoms. The minimum absolute atomic E-state index is 0.193. The number of H-pyrrole nitrogens is 1. The van der Waals surface area contributed by atoms with E-state index < -0.39 is 6.09 Å². The Morgan fingerprint density at radius 2 is 2.27 bits per heavy atom. The van der Waals surface area contributed by atoms with Crippen LogP contribution in [0.25, 0.3) is 21.9 Å². The molecule has 0 bridgehead atoms. The van der Waals surface area contributed by atoms with Crippen molar-refractivity contribution < 1.29 is 9.90 Å². The van der Waals surface area contributed by atoms with Gasteiger partial charge in [0.2, 0.25) is 0 Å². The van der Waals surface area contributed by atoms with E-state index in [1.54, 1.807) is 6.20 Å². The van der Waals surface area contributed by atoms with E-state index in [-0.39, 0.29) is 10.6 Å². The molecule has 3 rings (SSSR count). The number of hydrogen-bond acceptors (Lipinski definition) is 3. The van der Waals surface area contributed by atoms with Gasteiger partial charge in [0, 0.05) is 28.5 Å². The maximum atomic E-state index is 11.3. The third-order valence-electron chi connectivity index (χ3n) is 3.39. The number of carbonyl (C=O) groups is 1. The van der Waals surface area contributed by atoms with E-state index in [4.69, 9.17) is 11.6 Å². The molecule has 0 spiro atoms. The van der Waals surface area contributed by atoms with E-state index in [0.717, 1.165) is 9.37 Å². The van der Waals surface area contributed by atoms with Crippen molar-refractivity contribution in [3.63, 3.8) is 0 Å². The Morgan fingerprint density at radius 1 is 1.55 bits per heavy atom. The molecule has 2 aromatic heterocycles. The van der Waals surface area contributed by atoms with Gasteiger partial charge in [0.05, 0.1) is 21.8 Å². The number of carboxylic acid groups (broad SMARTS) is 1. The van der Waals surface area contributed by atoms with Crippen LogP contribution in [0, 0.1) is 11.3 Å². The lowest BCUT2D eigenvalue weighted by molar-refractivity contribution is 0.203. The van der Waals surface area contributed by atoms with Gasteiger partial charge in [-0.2, -0.15) is 5.26 Å². The van der Waals surface area contributed by atoms with Crippen LogP contribution >= 0.6 is 27.5 Å². The predicted molar refractivity (Wildman–Crippen MR) is 87.5 cm³/mol. The van der Waals surface area contributed by atoms with E-state index in [9.17, 15) is 15.2 Å². The molecule has 0 saturated heterocycles. The Morgan fingerprint density at radius 3 is 2.91 bits per heavy atom. The van der Waals surface area contributed by atoms with E-state index in [1.807, 2.05) is 6.07 Å². The average Bonchev–Trinajstić information content (AvgIpc) is 2.84. The van der Waals surface area contributed by atoms with Crippen molar-refractivity contribution in [2.45, 2.75) is 0 Å². The van der Waals surface area contributed by atoms with Crippen molar-refractivity contribution in [2.24, 2.45) is 0 Å². The number of aromatic nitrogens is 2. The Kier molecular flexibility index (Phi) is 3.43. The van der Waals surface area contributed by atoms with Crippen molar-refractivity contribution in [1.82, 2.24) is 9.97 Å². The second-order valence-electron chi connectivity index (χ2n) is 4.63. The number of fused-ring (bicyclic) bond motifs is 3. The van der Waals surface area contributed by atoms with Gasteiger partial charge in [-0.1, -0.05) is 11.6 Å². The summed E-state index contributed by atoms with van der Waals surface area (Å²) >= 11 is 9.51. The topological polar surface area (TPSA) is 93.0 Å². The van der Waals surface area contributed by atoms with Gasteiger partial charge in [0.15, 0.2) is 0 Å². The summed E-state index contributed by atoms with van der Waals surface area (Å²) in [5.74, 6) is 0. The first kappa shape index (κ1) is 14.6. The highest BCUT2D eigenvalue weighted by Gasteiger charge is 2.21. The molecule has 2 N–H and O–H groups in total. The number of pyridine rings is 1. The van der Waals surface area contributed by atoms with E-state index in [2.05, 4.69) is 32.0 Å². The number of rotatable bonds is 1. The fraction of sp³-hybridized carbons (Fsp3) is 0.0714. The summed E-state index contributed by atoms with van der Waals surface area (Å²) in [4.78, 5) is 19.6. The summed E-state index contributed by atoms with van der Waals surface area (Å²) in [5.41, 5.74) is 1.70. The maximum absolute atomic E-state index is 11.3. The molecule has 6 nitrogen and oxygen atoms in total. The lowest BCUT2D eigenvalue weighted by Gasteiger charge is -2.15. The van der Waals surface area contributed by atoms with Gasteiger partial charge in [-0.15, -0.1) is 0 Å². The molecular weight excluding hydrogens is 372 g/mol. The fourth-order valence-corrected chi connectivity index (χ4v) is 2.93. The molecule has 1 aromatic carbocycles. The molecule has 0 aliphatic rings. The molecule has 0 saturated carbocycles. The largest absolute Gasteiger partial charge is 0.465 e. The van der Waals surface area contributed by atoms with E-state index in [1.165, 1.54) is 13.1 Å². The second-order valence-corrected chi connectivity index (χ2v) is 5.95. The van der Waals surface area contributed by atoms with Crippen molar-refractivity contribution in [3.05, 3.63) is 33.4 Å². The Balaban J connectivity index is 2.54. The Hall–Kier alpha value is -2.30. The van der Waals surface area contributed by atoms with Crippen LogP contribution < -0.4 is 4.90 Å². The zero-order chi connectivity index (χ0) is 16.0. The summed E-state index contributed by atoms with van der Waals surface area (Å²) in [5, 5.41) is 20.1. The summed E-state index contributed by atoms with van der Waals surface area (Å²) in [6, 6.07) is 5.34. The highest BCUT2D eigenvalue weighted by molar-refractivity contribution is 9.10. The zero-order valence-electron chi connectivity index (χ0n) is 11.2. The Bertz CT molecular complexity index is 977. The summed E-state index contributed by atoms with van der Waals surface area (Å²) < 4.78 is 0.748. The Labute approximate surface area is 138 Å². The molecule has 3 aromatic rings. The third-order valence-corrected chi connectivity index (χ3v) is 4.12. The molecule has 1 amide bonds. The molecule has 8 heteroatoms.